The van der Waals surface area contributed by atoms with Gasteiger partial charge in [0.1, 0.15) is 11.4 Å². The molecule has 1 aliphatic rings. The summed E-state index contributed by atoms with van der Waals surface area (Å²) >= 11 is 5.97. The molecule has 1 heterocycles. The van der Waals surface area contributed by atoms with Crippen LogP contribution in [0.15, 0.2) is 60.8 Å². The van der Waals surface area contributed by atoms with Crippen molar-refractivity contribution in [3.05, 3.63) is 82.6 Å². The van der Waals surface area contributed by atoms with E-state index < -0.39 is 0 Å². The fourth-order valence-corrected chi connectivity index (χ4v) is 4.79. The van der Waals surface area contributed by atoms with Gasteiger partial charge in [0.25, 0.3) is 0 Å². The normalized spacial score (nSPS) is 14.4. The van der Waals surface area contributed by atoms with Crippen molar-refractivity contribution in [1.82, 2.24) is 10.3 Å². The summed E-state index contributed by atoms with van der Waals surface area (Å²) < 4.78 is 6.15. The van der Waals surface area contributed by atoms with Crippen LogP contribution in [0, 0.1) is 18.8 Å². The summed E-state index contributed by atoms with van der Waals surface area (Å²) in [5.41, 5.74) is 5.02. The third-order valence-electron chi connectivity index (χ3n) is 6.68. The zero-order chi connectivity index (χ0) is 24.5. The topological polar surface area (TPSA) is 54.4 Å². The van der Waals surface area contributed by atoms with Gasteiger partial charge in [0.15, 0.2) is 0 Å². The molecule has 0 aliphatic heterocycles. The average Bonchev–Trinajstić information content (AvgIpc) is 3.34. The minimum Gasteiger partial charge on any atom is -0.493 e. The van der Waals surface area contributed by atoms with E-state index in [1.807, 2.05) is 54.7 Å². The van der Waals surface area contributed by atoms with E-state index in [4.69, 9.17) is 21.4 Å². The number of rotatable bonds is 9. The van der Waals surface area contributed by atoms with Gasteiger partial charge >= 0.3 is 0 Å². The second-order valence-corrected chi connectivity index (χ2v) is 9.70. The van der Waals surface area contributed by atoms with Crippen molar-refractivity contribution in [2.24, 2.45) is 0 Å². The van der Waals surface area contributed by atoms with Crippen LogP contribution in [0.1, 0.15) is 55.3 Å². The second-order valence-electron chi connectivity index (χ2n) is 9.26. The number of benzene rings is 2. The van der Waals surface area contributed by atoms with Crippen molar-refractivity contribution in [3.8, 4) is 28.7 Å². The lowest BCUT2D eigenvalue weighted by Crippen LogP contribution is -2.44. The van der Waals surface area contributed by atoms with E-state index in [-0.39, 0.29) is 12.1 Å². The van der Waals surface area contributed by atoms with Gasteiger partial charge in [-0.05, 0) is 92.6 Å². The Morgan fingerprint density at radius 2 is 1.80 bits per heavy atom. The van der Waals surface area contributed by atoms with Gasteiger partial charge in [-0.3, -0.25) is 0 Å². The van der Waals surface area contributed by atoms with Crippen molar-refractivity contribution in [2.45, 2.75) is 51.0 Å². The molecule has 0 atom stereocenters. The molecule has 0 amide bonds. The van der Waals surface area contributed by atoms with E-state index in [0.717, 1.165) is 58.1 Å². The first-order valence-electron chi connectivity index (χ1n) is 12.4. The SMILES string of the molecule is Cc1cc(C#Cc2ccc(-c3ccc(Cl)cc3)cn2)ccc1OCCC1(NCCCO)CCCC1. The number of nitrogens with one attached hydrogen (secondary N) is 1. The molecule has 0 bridgehead atoms. The van der Waals surface area contributed by atoms with Gasteiger partial charge < -0.3 is 15.2 Å². The van der Waals surface area contributed by atoms with Crippen molar-refractivity contribution in [2.75, 3.05) is 19.8 Å². The van der Waals surface area contributed by atoms with Crippen LogP contribution in [-0.4, -0.2) is 35.4 Å². The summed E-state index contributed by atoms with van der Waals surface area (Å²) in [7, 11) is 0. The van der Waals surface area contributed by atoms with E-state index in [2.05, 4.69) is 35.1 Å². The lowest BCUT2D eigenvalue weighted by molar-refractivity contribution is 0.216. The molecule has 0 spiro atoms. The van der Waals surface area contributed by atoms with Gasteiger partial charge in [-0.2, -0.15) is 0 Å². The van der Waals surface area contributed by atoms with E-state index in [0.29, 0.717) is 6.61 Å². The average molecular weight is 489 g/mol. The maximum Gasteiger partial charge on any atom is 0.122 e. The molecule has 0 unspecified atom stereocenters. The largest absolute Gasteiger partial charge is 0.493 e. The summed E-state index contributed by atoms with van der Waals surface area (Å²) in [6, 6.07) is 17.8. The number of nitrogens with zero attached hydrogens (tertiary/aromatic N) is 1. The second kappa shape index (κ2) is 12.2. The highest BCUT2D eigenvalue weighted by atomic mass is 35.5. The molecule has 2 N–H and O–H groups in total. The molecule has 0 radical (unpaired) electrons. The van der Waals surface area contributed by atoms with Crippen LogP contribution in [-0.2, 0) is 0 Å². The Hall–Kier alpha value is -2.84. The van der Waals surface area contributed by atoms with Gasteiger partial charge in [-0.25, -0.2) is 4.98 Å². The molecule has 182 valence electrons. The number of aromatic nitrogens is 1. The minimum absolute atomic E-state index is 0.157. The molecule has 5 heteroatoms. The summed E-state index contributed by atoms with van der Waals surface area (Å²) in [5, 5.41) is 13.5. The highest BCUT2D eigenvalue weighted by molar-refractivity contribution is 6.30. The molecule has 3 aromatic rings. The molecule has 1 aliphatic carbocycles. The van der Waals surface area contributed by atoms with E-state index in [9.17, 15) is 0 Å². The quantitative estimate of drug-likeness (QED) is 0.279. The molecule has 4 nitrogen and oxygen atoms in total. The van der Waals surface area contributed by atoms with Crippen LogP contribution in [0.3, 0.4) is 0 Å². The molecule has 0 saturated heterocycles. The van der Waals surface area contributed by atoms with Gasteiger partial charge in [-0.15, -0.1) is 0 Å². The van der Waals surface area contributed by atoms with Crippen molar-refractivity contribution >= 4 is 11.6 Å². The van der Waals surface area contributed by atoms with Crippen LogP contribution in [0.5, 0.6) is 5.75 Å². The summed E-state index contributed by atoms with van der Waals surface area (Å²) in [5.74, 6) is 7.28. The molecule has 1 aromatic heterocycles. The van der Waals surface area contributed by atoms with Crippen LogP contribution in [0.2, 0.25) is 5.02 Å². The molecule has 1 fully saturated rings. The Morgan fingerprint density at radius 1 is 1.03 bits per heavy atom. The molecular weight excluding hydrogens is 456 g/mol. The predicted octanol–water partition coefficient (Wildman–Crippen LogP) is 6.16. The standard InChI is InChI=1S/C30H33ClN2O2/c1-23-21-24(5-12-28-13-9-26(22-32-28)25-7-10-27(31)11-8-25)6-14-29(23)35-20-17-30(15-2-3-16-30)33-18-4-19-34/h6-11,13-14,21-22,33-34H,2-4,15-20H2,1H3. The third-order valence-corrected chi connectivity index (χ3v) is 6.94. The van der Waals surface area contributed by atoms with Gasteiger partial charge in [0.2, 0.25) is 0 Å². The van der Waals surface area contributed by atoms with E-state index >= 15 is 0 Å². The first-order chi connectivity index (χ1) is 17.1. The number of aryl methyl sites for hydroxylation is 1. The predicted molar refractivity (Wildman–Crippen MR) is 143 cm³/mol. The Balaban J connectivity index is 1.33. The zero-order valence-corrected chi connectivity index (χ0v) is 21.1. The Bertz CT molecular complexity index is 1160. The highest BCUT2D eigenvalue weighted by Crippen LogP contribution is 2.33. The minimum atomic E-state index is 0.157. The lowest BCUT2D eigenvalue weighted by atomic mass is 9.93. The fourth-order valence-electron chi connectivity index (χ4n) is 4.66. The number of pyridine rings is 1. The van der Waals surface area contributed by atoms with Crippen molar-refractivity contribution in [3.63, 3.8) is 0 Å². The number of aliphatic hydroxyl groups excluding tert-OH is 1. The summed E-state index contributed by atoms with van der Waals surface area (Å²) in [6.45, 7) is 3.84. The van der Waals surface area contributed by atoms with Crippen LogP contribution in [0.4, 0.5) is 0 Å². The maximum absolute atomic E-state index is 9.08. The summed E-state index contributed by atoms with van der Waals surface area (Å²) in [6.07, 6.45) is 8.51. The van der Waals surface area contributed by atoms with Gasteiger partial charge in [-0.1, -0.05) is 48.6 Å². The van der Waals surface area contributed by atoms with Gasteiger partial charge in [0, 0.05) is 34.5 Å². The first-order valence-corrected chi connectivity index (χ1v) is 12.8. The highest BCUT2D eigenvalue weighted by Gasteiger charge is 2.32. The first kappa shape index (κ1) is 25.3. The maximum atomic E-state index is 9.08. The molecule has 1 saturated carbocycles. The Kier molecular flexibility index (Phi) is 8.82. The smallest absolute Gasteiger partial charge is 0.122 e. The van der Waals surface area contributed by atoms with E-state index in [1.54, 1.807) is 0 Å². The molecule has 4 rings (SSSR count). The fraction of sp³-hybridized carbons (Fsp3) is 0.367. The molecular formula is C30H33ClN2O2. The number of halogens is 1. The lowest BCUT2D eigenvalue weighted by Gasteiger charge is -2.30. The Labute approximate surface area is 213 Å². The van der Waals surface area contributed by atoms with Crippen LogP contribution >= 0.6 is 11.6 Å². The van der Waals surface area contributed by atoms with E-state index in [1.165, 1.54) is 25.7 Å². The van der Waals surface area contributed by atoms with Crippen LogP contribution in [0.25, 0.3) is 11.1 Å². The number of hydrogen-bond acceptors (Lipinski definition) is 4. The van der Waals surface area contributed by atoms with Crippen molar-refractivity contribution in [1.29, 1.82) is 0 Å². The monoisotopic (exact) mass is 488 g/mol. The number of hydrogen-bond donors (Lipinski definition) is 2. The van der Waals surface area contributed by atoms with Crippen molar-refractivity contribution < 1.29 is 9.84 Å². The number of ether oxygens (including phenoxy) is 1. The zero-order valence-electron chi connectivity index (χ0n) is 20.3. The molecule has 2 aromatic carbocycles. The molecule has 35 heavy (non-hydrogen) atoms. The number of aliphatic hydroxyl groups is 1. The Morgan fingerprint density at radius 3 is 2.49 bits per heavy atom. The third kappa shape index (κ3) is 7.08. The van der Waals surface area contributed by atoms with Crippen LogP contribution < -0.4 is 10.1 Å². The summed E-state index contributed by atoms with van der Waals surface area (Å²) in [4.78, 5) is 4.49. The van der Waals surface area contributed by atoms with Gasteiger partial charge in [0.05, 0.1) is 6.61 Å².